The number of nitrogens with one attached hydrogen (secondary N) is 1. The first-order chi connectivity index (χ1) is 13.7. The van der Waals surface area contributed by atoms with Gasteiger partial charge in [0.05, 0.1) is 10.5 Å². The van der Waals surface area contributed by atoms with E-state index in [1.165, 1.54) is 36.9 Å². The van der Waals surface area contributed by atoms with Crippen molar-refractivity contribution >= 4 is 39.8 Å². The molecule has 3 rings (SSSR count). The molecule has 1 aromatic rings. The highest BCUT2D eigenvalue weighted by Gasteiger charge is 2.40. The molecule has 1 N–H and O–H groups in total. The molecule has 0 bridgehead atoms. The van der Waals surface area contributed by atoms with Gasteiger partial charge in [-0.25, -0.2) is 8.42 Å². The summed E-state index contributed by atoms with van der Waals surface area (Å²) in [6.45, 7) is 9.76. The normalized spacial score (nSPS) is 24.2. The van der Waals surface area contributed by atoms with E-state index in [2.05, 4.69) is 46.4 Å². The van der Waals surface area contributed by atoms with Crippen LogP contribution in [0, 0.1) is 0 Å². The number of hydrogen-bond acceptors (Lipinski definition) is 4. The van der Waals surface area contributed by atoms with Gasteiger partial charge in [0.25, 0.3) is 0 Å². The second kappa shape index (κ2) is 10.6. The molecule has 6 nitrogen and oxygen atoms in total. The Kier molecular flexibility index (Phi) is 9.00. The van der Waals surface area contributed by atoms with E-state index in [0.29, 0.717) is 25.7 Å². The first-order valence-corrected chi connectivity index (χ1v) is 12.4. The van der Waals surface area contributed by atoms with Crippen molar-refractivity contribution in [3.8, 4) is 0 Å². The van der Waals surface area contributed by atoms with Crippen molar-refractivity contribution in [1.29, 1.82) is 0 Å². The summed E-state index contributed by atoms with van der Waals surface area (Å²) < 4.78 is 23.7. The Morgan fingerprint density at radius 3 is 2.43 bits per heavy atom. The van der Waals surface area contributed by atoms with Crippen LogP contribution in [0.2, 0.25) is 0 Å². The predicted octanol–water partition coefficient (Wildman–Crippen LogP) is 3.26. The van der Waals surface area contributed by atoms with Crippen molar-refractivity contribution in [3.05, 3.63) is 35.4 Å². The van der Waals surface area contributed by atoms with Gasteiger partial charge in [0, 0.05) is 39.3 Å². The maximum atomic E-state index is 12.2. The van der Waals surface area contributed by atoms with Crippen LogP contribution in [-0.4, -0.2) is 67.4 Å². The van der Waals surface area contributed by atoms with Crippen molar-refractivity contribution in [2.75, 3.05) is 32.4 Å². The predicted molar refractivity (Wildman–Crippen MR) is 135 cm³/mol. The summed E-state index contributed by atoms with van der Waals surface area (Å²) in [6, 6.07) is 9.46. The Labute approximate surface area is 199 Å². The fourth-order valence-corrected chi connectivity index (χ4v) is 5.59. The fraction of sp³-hybridized carbons (Fsp3) is 0.682. The number of rotatable bonds is 4. The molecule has 1 aromatic carbocycles. The maximum Gasteiger partial charge on any atom is 0.193 e. The van der Waals surface area contributed by atoms with Gasteiger partial charge in [0.1, 0.15) is 0 Å². The number of benzene rings is 1. The van der Waals surface area contributed by atoms with Crippen molar-refractivity contribution in [2.24, 2.45) is 4.99 Å². The van der Waals surface area contributed by atoms with E-state index in [4.69, 9.17) is 0 Å². The second-order valence-corrected chi connectivity index (χ2v) is 11.8. The van der Waals surface area contributed by atoms with Gasteiger partial charge in [0.2, 0.25) is 0 Å². The van der Waals surface area contributed by atoms with E-state index in [1.54, 1.807) is 20.9 Å². The van der Waals surface area contributed by atoms with Gasteiger partial charge in [-0.3, -0.25) is 9.89 Å². The molecule has 8 heteroatoms. The molecule has 2 aliphatic heterocycles. The molecule has 2 heterocycles. The van der Waals surface area contributed by atoms with E-state index in [-0.39, 0.29) is 29.7 Å². The van der Waals surface area contributed by atoms with E-state index < -0.39 is 14.6 Å². The maximum absolute atomic E-state index is 12.2. The topological polar surface area (TPSA) is 65.0 Å². The molecule has 0 aromatic heterocycles. The van der Waals surface area contributed by atoms with Gasteiger partial charge in [0.15, 0.2) is 15.8 Å². The highest BCUT2D eigenvalue weighted by molar-refractivity contribution is 14.0. The average molecular weight is 549 g/mol. The average Bonchev–Trinajstić information content (AvgIpc) is 2.68. The van der Waals surface area contributed by atoms with E-state index in [0.717, 1.165) is 12.5 Å². The van der Waals surface area contributed by atoms with Gasteiger partial charge in [-0.15, -0.1) is 24.0 Å². The molecular formula is C22H37IN4O2S. The SMILES string of the molecule is CN=C(NCc1ccc(CN2CCCCC2C)cc1)N1CCS(=O)(=O)C(C)(C)C1.I. The van der Waals surface area contributed by atoms with Crippen LogP contribution in [0.3, 0.4) is 0 Å². The third kappa shape index (κ3) is 6.09. The van der Waals surface area contributed by atoms with Crippen LogP contribution in [0.25, 0.3) is 0 Å². The molecule has 0 saturated carbocycles. The Morgan fingerprint density at radius 2 is 1.83 bits per heavy atom. The standard InChI is InChI=1S/C22H36N4O2S.HI/c1-18-7-5-6-12-25(18)16-20-10-8-19(9-11-20)15-24-21(23-4)26-13-14-29(27,28)22(2,3)17-26;/h8-11,18H,5-7,12-17H2,1-4H3,(H,23,24);1H. The molecule has 0 radical (unpaired) electrons. The quantitative estimate of drug-likeness (QED) is 0.356. The van der Waals surface area contributed by atoms with Crippen LogP contribution in [0.5, 0.6) is 0 Å². The Morgan fingerprint density at radius 1 is 1.17 bits per heavy atom. The number of nitrogens with zero attached hydrogens (tertiary/aromatic N) is 3. The van der Waals surface area contributed by atoms with Crippen molar-refractivity contribution in [2.45, 2.75) is 63.9 Å². The highest BCUT2D eigenvalue weighted by atomic mass is 127. The molecular weight excluding hydrogens is 511 g/mol. The van der Waals surface area contributed by atoms with Gasteiger partial charge >= 0.3 is 0 Å². The zero-order valence-corrected chi connectivity index (χ0v) is 21.9. The largest absolute Gasteiger partial charge is 0.352 e. The van der Waals surface area contributed by atoms with Crippen molar-refractivity contribution in [3.63, 3.8) is 0 Å². The third-order valence-electron chi connectivity index (χ3n) is 6.35. The van der Waals surface area contributed by atoms with Crippen LogP contribution >= 0.6 is 24.0 Å². The van der Waals surface area contributed by atoms with Gasteiger partial charge in [-0.2, -0.15) is 0 Å². The number of hydrogen-bond donors (Lipinski definition) is 1. The molecule has 30 heavy (non-hydrogen) atoms. The highest BCUT2D eigenvalue weighted by Crippen LogP contribution is 2.24. The number of guanidine groups is 1. The van der Waals surface area contributed by atoms with Crippen molar-refractivity contribution in [1.82, 2.24) is 15.1 Å². The van der Waals surface area contributed by atoms with Gasteiger partial charge in [-0.1, -0.05) is 30.7 Å². The van der Waals surface area contributed by atoms with E-state index in [9.17, 15) is 8.42 Å². The van der Waals surface area contributed by atoms with Crippen LogP contribution in [0.1, 0.15) is 51.2 Å². The summed E-state index contributed by atoms with van der Waals surface area (Å²) in [5.41, 5.74) is 2.56. The molecule has 2 aliphatic rings. The first-order valence-electron chi connectivity index (χ1n) is 10.7. The number of sulfone groups is 1. The smallest absolute Gasteiger partial charge is 0.193 e. The molecule has 2 fully saturated rings. The molecule has 2 saturated heterocycles. The Hall–Kier alpha value is -0.870. The Bertz CT molecular complexity index is 824. The molecule has 0 spiro atoms. The summed E-state index contributed by atoms with van der Waals surface area (Å²) >= 11 is 0. The molecule has 1 atom stereocenters. The van der Waals surface area contributed by atoms with Crippen LogP contribution < -0.4 is 5.32 Å². The van der Waals surface area contributed by atoms with Crippen LogP contribution in [-0.2, 0) is 22.9 Å². The van der Waals surface area contributed by atoms with Crippen molar-refractivity contribution < 1.29 is 8.42 Å². The minimum absolute atomic E-state index is 0. The number of piperidine rings is 1. The lowest BCUT2D eigenvalue weighted by Crippen LogP contribution is -2.57. The minimum atomic E-state index is -3.05. The number of halogens is 1. The third-order valence-corrected chi connectivity index (χ3v) is 8.89. The van der Waals surface area contributed by atoms with Crippen LogP contribution in [0.15, 0.2) is 29.3 Å². The zero-order valence-electron chi connectivity index (χ0n) is 18.7. The Balaban J connectivity index is 0.00000320. The molecule has 0 aliphatic carbocycles. The summed E-state index contributed by atoms with van der Waals surface area (Å²) in [5, 5.41) is 3.40. The number of likely N-dealkylation sites (tertiary alicyclic amines) is 1. The van der Waals surface area contributed by atoms with Gasteiger partial charge in [-0.05, 0) is 51.3 Å². The summed E-state index contributed by atoms with van der Waals surface area (Å²) in [5.74, 6) is 0.934. The summed E-state index contributed by atoms with van der Waals surface area (Å²) in [4.78, 5) is 9.00. The number of aliphatic imine (C=N–C) groups is 1. The van der Waals surface area contributed by atoms with Crippen LogP contribution in [0.4, 0.5) is 0 Å². The monoisotopic (exact) mass is 548 g/mol. The lowest BCUT2D eigenvalue weighted by Gasteiger charge is -2.39. The van der Waals surface area contributed by atoms with Gasteiger partial charge < -0.3 is 10.2 Å². The minimum Gasteiger partial charge on any atom is -0.352 e. The van der Waals surface area contributed by atoms with E-state index in [1.807, 2.05) is 4.90 Å². The summed E-state index contributed by atoms with van der Waals surface area (Å²) in [6.07, 6.45) is 3.96. The lowest BCUT2D eigenvalue weighted by molar-refractivity contribution is 0.152. The molecule has 1 unspecified atom stereocenters. The van der Waals surface area contributed by atoms with E-state index >= 15 is 0 Å². The summed E-state index contributed by atoms with van der Waals surface area (Å²) in [7, 11) is -1.30. The second-order valence-electron chi connectivity index (χ2n) is 9.03. The fourth-order valence-electron chi connectivity index (χ4n) is 4.23. The lowest BCUT2D eigenvalue weighted by atomic mass is 10.0. The molecule has 170 valence electrons. The zero-order chi connectivity index (χ0) is 21.1. The molecule has 0 amide bonds. The first kappa shape index (κ1) is 25.4.